The van der Waals surface area contributed by atoms with Crippen LogP contribution in [0.5, 0.6) is 0 Å². The highest BCUT2D eigenvalue weighted by molar-refractivity contribution is 4.59. The third-order valence-electron chi connectivity index (χ3n) is 1.64. The fourth-order valence-corrected chi connectivity index (χ4v) is 0.982. The van der Waals surface area contributed by atoms with Gasteiger partial charge in [-0.2, -0.15) is 0 Å². The van der Waals surface area contributed by atoms with E-state index in [1.807, 2.05) is 13.8 Å². The van der Waals surface area contributed by atoms with Gasteiger partial charge in [-0.05, 0) is 20.3 Å². The molecule has 0 rings (SSSR count). The van der Waals surface area contributed by atoms with Gasteiger partial charge in [0.05, 0.1) is 6.10 Å². The molecule has 0 unspecified atom stereocenters. The van der Waals surface area contributed by atoms with E-state index in [1.165, 1.54) is 32.1 Å². The lowest BCUT2D eigenvalue weighted by Gasteiger charge is -2.05. The van der Waals surface area contributed by atoms with E-state index in [0.29, 0.717) is 0 Å². The van der Waals surface area contributed by atoms with E-state index in [9.17, 15) is 0 Å². The summed E-state index contributed by atoms with van der Waals surface area (Å²) >= 11 is 0. The number of hydrogen-bond acceptors (Lipinski definition) is 1. The first-order valence-corrected chi connectivity index (χ1v) is 4.70. The van der Waals surface area contributed by atoms with Crippen molar-refractivity contribution in [2.75, 3.05) is 6.61 Å². The maximum Gasteiger partial charge on any atom is 0.0909 e. The largest absolute Gasteiger partial charge is 0.373 e. The maximum absolute atomic E-state index is 5.34. The van der Waals surface area contributed by atoms with Crippen LogP contribution >= 0.6 is 0 Å². The Morgan fingerprint density at radius 1 is 1.00 bits per heavy atom. The zero-order chi connectivity index (χ0) is 8.53. The van der Waals surface area contributed by atoms with Gasteiger partial charge in [-0.25, -0.2) is 0 Å². The molecule has 0 spiro atoms. The fourth-order valence-electron chi connectivity index (χ4n) is 0.982. The molecular weight excluding hydrogens is 136 g/mol. The second-order valence-corrected chi connectivity index (χ2v) is 3.17. The first-order valence-electron chi connectivity index (χ1n) is 4.70. The monoisotopic (exact) mass is 157 g/mol. The van der Waals surface area contributed by atoms with Crippen LogP contribution in [0.3, 0.4) is 0 Å². The minimum Gasteiger partial charge on any atom is -0.373 e. The molecule has 0 amide bonds. The molecule has 0 aliphatic heterocycles. The lowest BCUT2D eigenvalue weighted by atomic mass is 10.2. The summed E-state index contributed by atoms with van der Waals surface area (Å²) in [5.41, 5.74) is 0. The summed E-state index contributed by atoms with van der Waals surface area (Å²) < 4.78 is 5.34. The van der Waals surface area contributed by atoms with E-state index < -0.39 is 0 Å². The molecule has 0 aliphatic carbocycles. The predicted octanol–water partition coefficient (Wildman–Crippen LogP) is 3.55. The topological polar surface area (TPSA) is 9.23 Å². The molecule has 1 heteroatoms. The Labute approximate surface area is 71.1 Å². The summed E-state index contributed by atoms with van der Waals surface area (Å²) in [6, 6.07) is 0. The van der Waals surface area contributed by atoms with Crippen molar-refractivity contribution >= 4 is 0 Å². The van der Waals surface area contributed by atoms with Crippen molar-refractivity contribution in [3.05, 3.63) is 6.10 Å². The molecule has 0 aromatic carbocycles. The van der Waals surface area contributed by atoms with Crippen LogP contribution in [0.25, 0.3) is 0 Å². The van der Waals surface area contributed by atoms with Crippen LogP contribution in [0.1, 0.15) is 52.9 Å². The Hall–Kier alpha value is -0.0400. The van der Waals surface area contributed by atoms with Gasteiger partial charge in [-0.3, -0.25) is 0 Å². The van der Waals surface area contributed by atoms with Crippen LogP contribution in [0, 0.1) is 6.10 Å². The highest BCUT2D eigenvalue weighted by atomic mass is 16.5. The second-order valence-electron chi connectivity index (χ2n) is 3.17. The number of unbranched alkanes of at least 4 members (excludes halogenated alkanes) is 4. The standard InChI is InChI=1S/C10H21O/c1-4-5-6-7-8-9-11-10(2)3/h4-9H2,1-3H3. The van der Waals surface area contributed by atoms with Gasteiger partial charge in [0, 0.05) is 6.61 Å². The summed E-state index contributed by atoms with van der Waals surface area (Å²) in [5, 5.41) is 0. The third-order valence-corrected chi connectivity index (χ3v) is 1.64. The van der Waals surface area contributed by atoms with Gasteiger partial charge >= 0.3 is 0 Å². The van der Waals surface area contributed by atoms with E-state index in [2.05, 4.69) is 6.92 Å². The van der Waals surface area contributed by atoms with Gasteiger partial charge in [0.25, 0.3) is 0 Å². The minimum atomic E-state index is 0.909. The summed E-state index contributed by atoms with van der Waals surface area (Å²) in [6.45, 7) is 7.16. The molecule has 0 bridgehead atoms. The van der Waals surface area contributed by atoms with Gasteiger partial charge in [0.1, 0.15) is 0 Å². The van der Waals surface area contributed by atoms with Gasteiger partial charge in [0.15, 0.2) is 0 Å². The molecule has 0 heterocycles. The molecule has 67 valence electrons. The van der Waals surface area contributed by atoms with Crippen molar-refractivity contribution in [3.8, 4) is 0 Å². The molecule has 0 aliphatic rings. The normalized spacial score (nSPS) is 10.9. The molecule has 0 saturated carbocycles. The minimum absolute atomic E-state index is 0.909. The average molecular weight is 157 g/mol. The molecule has 0 fully saturated rings. The first-order chi connectivity index (χ1) is 5.27. The van der Waals surface area contributed by atoms with E-state index in [1.54, 1.807) is 0 Å². The van der Waals surface area contributed by atoms with E-state index >= 15 is 0 Å². The highest BCUT2D eigenvalue weighted by Gasteiger charge is 1.93. The van der Waals surface area contributed by atoms with Crippen molar-refractivity contribution in [1.29, 1.82) is 0 Å². The molecule has 0 atom stereocenters. The number of hydrogen-bond donors (Lipinski definition) is 0. The smallest absolute Gasteiger partial charge is 0.0909 e. The number of ether oxygens (including phenoxy) is 1. The lowest BCUT2D eigenvalue weighted by molar-refractivity contribution is 0.151. The molecule has 0 saturated heterocycles. The van der Waals surface area contributed by atoms with Gasteiger partial charge in [0.2, 0.25) is 0 Å². The van der Waals surface area contributed by atoms with Gasteiger partial charge in [-0.1, -0.05) is 32.6 Å². The second kappa shape index (κ2) is 8.06. The van der Waals surface area contributed by atoms with Crippen molar-refractivity contribution < 1.29 is 4.74 Å². The fraction of sp³-hybridized carbons (Fsp3) is 0.900. The lowest BCUT2D eigenvalue weighted by Crippen LogP contribution is -1.96. The molecule has 0 aromatic heterocycles. The van der Waals surface area contributed by atoms with Crippen LogP contribution in [-0.4, -0.2) is 6.61 Å². The Morgan fingerprint density at radius 2 is 1.64 bits per heavy atom. The summed E-state index contributed by atoms with van der Waals surface area (Å²) in [6.07, 6.45) is 7.67. The number of rotatable bonds is 7. The Kier molecular flexibility index (Phi) is 8.03. The maximum atomic E-state index is 5.34. The predicted molar refractivity (Wildman–Crippen MR) is 49.3 cm³/mol. The van der Waals surface area contributed by atoms with Crippen molar-refractivity contribution in [2.45, 2.75) is 52.9 Å². The van der Waals surface area contributed by atoms with Crippen molar-refractivity contribution in [3.63, 3.8) is 0 Å². The first kappa shape index (κ1) is 11.0. The van der Waals surface area contributed by atoms with Crippen LogP contribution < -0.4 is 0 Å². The van der Waals surface area contributed by atoms with Crippen LogP contribution in [-0.2, 0) is 4.74 Å². The SMILES string of the molecule is CCCCCCCO[C](C)C. The summed E-state index contributed by atoms with van der Waals surface area (Å²) in [5.74, 6) is 0. The van der Waals surface area contributed by atoms with Crippen LogP contribution in [0.2, 0.25) is 0 Å². The van der Waals surface area contributed by atoms with Gasteiger partial charge < -0.3 is 4.74 Å². The third kappa shape index (κ3) is 9.96. The van der Waals surface area contributed by atoms with E-state index in [0.717, 1.165) is 12.7 Å². The van der Waals surface area contributed by atoms with E-state index in [4.69, 9.17) is 4.74 Å². The van der Waals surface area contributed by atoms with Crippen LogP contribution in [0.15, 0.2) is 0 Å². The molecule has 0 N–H and O–H groups in total. The highest BCUT2D eigenvalue weighted by Crippen LogP contribution is 2.04. The van der Waals surface area contributed by atoms with Gasteiger partial charge in [-0.15, -0.1) is 0 Å². The molecule has 1 nitrogen and oxygen atoms in total. The molecule has 1 radical (unpaired) electrons. The molecule has 11 heavy (non-hydrogen) atoms. The van der Waals surface area contributed by atoms with Crippen molar-refractivity contribution in [1.82, 2.24) is 0 Å². The Balaban J connectivity index is 2.80. The Morgan fingerprint density at radius 3 is 2.18 bits per heavy atom. The summed E-state index contributed by atoms with van der Waals surface area (Å²) in [4.78, 5) is 0. The zero-order valence-electron chi connectivity index (χ0n) is 8.15. The summed E-state index contributed by atoms with van der Waals surface area (Å²) in [7, 11) is 0. The molecule has 0 aromatic rings. The van der Waals surface area contributed by atoms with E-state index in [-0.39, 0.29) is 0 Å². The van der Waals surface area contributed by atoms with Crippen LogP contribution in [0.4, 0.5) is 0 Å². The quantitative estimate of drug-likeness (QED) is 0.513. The zero-order valence-corrected chi connectivity index (χ0v) is 8.15. The average Bonchev–Trinajstić information content (AvgIpc) is 1.96. The van der Waals surface area contributed by atoms with Crippen molar-refractivity contribution in [2.24, 2.45) is 0 Å². The molecular formula is C10H21O. The Bertz CT molecular complexity index is 69.3.